The van der Waals surface area contributed by atoms with Crippen LogP contribution in [0.4, 0.5) is 15.8 Å². The molecule has 108 valence electrons. The Labute approximate surface area is 122 Å². The fraction of sp³-hybridized carbons (Fsp3) is 0.250. The van der Waals surface area contributed by atoms with Crippen LogP contribution in [0.3, 0.4) is 0 Å². The lowest BCUT2D eigenvalue weighted by atomic mass is 10.0. The molecule has 0 bridgehead atoms. The number of halogens is 1. The summed E-state index contributed by atoms with van der Waals surface area (Å²) in [6.45, 7) is 3.17. The Kier molecular flexibility index (Phi) is 3.56. The fourth-order valence-corrected chi connectivity index (χ4v) is 2.53. The highest BCUT2D eigenvalue weighted by Gasteiger charge is 2.24. The van der Waals surface area contributed by atoms with E-state index in [9.17, 15) is 9.18 Å². The predicted octanol–water partition coefficient (Wildman–Crippen LogP) is 2.87. The largest absolute Gasteiger partial charge is 0.355 e. The quantitative estimate of drug-likeness (QED) is 0.943. The number of pyridine rings is 1. The van der Waals surface area contributed by atoms with Crippen LogP contribution in [-0.4, -0.2) is 22.3 Å². The van der Waals surface area contributed by atoms with Gasteiger partial charge in [0.2, 0.25) is 5.91 Å². The maximum atomic E-state index is 13.3. The van der Waals surface area contributed by atoms with Crippen molar-refractivity contribution in [1.82, 2.24) is 9.88 Å². The minimum Gasteiger partial charge on any atom is -0.355 e. The molecule has 2 heterocycles. The van der Waals surface area contributed by atoms with Crippen molar-refractivity contribution in [2.75, 3.05) is 11.9 Å². The second kappa shape index (κ2) is 5.52. The van der Waals surface area contributed by atoms with Crippen molar-refractivity contribution in [2.24, 2.45) is 0 Å². The molecule has 0 spiro atoms. The highest BCUT2D eigenvalue weighted by molar-refractivity contribution is 5.82. The van der Waals surface area contributed by atoms with E-state index in [-0.39, 0.29) is 11.7 Å². The highest BCUT2D eigenvalue weighted by atomic mass is 19.1. The van der Waals surface area contributed by atoms with E-state index < -0.39 is 0 Å². The van der Waals surface area contributed by atoms with E-state index in [1.54, 1.807) is 17.2 Å². The summed E-state index contributed by atoms with van der Waals surface area (Å²) in [5.74, 6) is -0.186. The third-order valence-electron chi connectivity index (χ3n) is 3.65. The average Bonchev–Trinajstić information content (AvgIpc) is 2.47. The number of hydrogen-bond acceptors (Lipinski definition) is 3. The van der Waals surface area contributed by atoms with Crippen LogP contribution >= 0.6 is 0 Å². The summed E-state index contributed by atoms with van der Waals surface area (Å²) >= 11 is 0. The zero-order valence-electron chi connectivity index (χ0n) is 11.8. The molecule has 1 aliphatic heterocycles. The van der Waals surface area contributed by atoms with Gasteiger partial charge in [-0.25, -0.2) is 4.39 Å². The van der Waals surface area contributed by atoms with E-state index in [1.807, 2.05) is 19.1 Å². The van der Waals surface area contributed by atoms with Gasteiger partial charge in [-0.05, 0) is 31.2 Å². The van der Waals surface area contributed by atoms with Gasteiger partial charge in [0.1, 0.15) is 5.82 Å². The van der Waals surface area contributed by atoms with E-state index in [0.29, 0.717) is 25.2 Å². The number of anilines is 2. The monoisotopic (exact) mass is 285 g/mol. The van der Waals surface area contributed by atoms with E-state index in [4.69, 9.17) is 0 Å². The molecule has 21 heavy (non-hydrogen) atoms. The predicted molar refractivity (Wildman–Crippen MR) is 78.7 cm³/mol. The van der Waals surface area contributed by atoms with Crippen molar-refractivity contribution in [3.05, 3.63) is 53.6 Å². The summed E-state index contributed by atoms with van der Waals surface area (Å²) in [5.41, 5.74) is 3.36. The van der Waals surface area contributed by atoms with Crippen LogP contribution in [0.1, 0.15) is 18.2 Å². The fourth-order valence-electron chi connectivity index (χ4n) is 2.53. The van der Waals surface area contributed by atoms with Crippen molar-refractivity contribution in [3.63, 3.8) is 0 Å². The van der Waals surface area contributed by atoms with Crippen LogP contribution < -0.4 is 5.32 Å². The zero-order chi connectivity index (χ0) is 14.8. The van der Waals surface area contributed by atoms with E-state index >= 15 is 0 Å². The van der Waals surface area contributed by atoms with Gasteiger partial charge in [-0.1, -0.05) is 6.07 Å². The molecule has 5 heteroatoms. The van der Waals surface area contributed by atoms with Crippen molar-refractivity contribution in [1.29, 1.82) is 0 Å². The van der Waals surface area contributed by atoms with E-state index in [0.717, 1.165) is 16.9 Å². The molecule has 0 fully saturated rings. The van der Waals surface area contributed by atoms with Gasteiger partial charge in [-0.3, -0.25) is 9.78 Å². The molecule has 0 atom stereocenters. The van der Waals surface area contributed by atoms with Gasteiger partial charge in [0.05, 0.1) is 12.1 Å². The summed E-state index contributed by atoms with van der Waals surface area (Å²) in [7, 11) is 0. The number of carbonyl (C=O) groups excluding carboxylic acids is 1. The normalized spacial score (nSPS) is 14.0. The molecular formula is C16H16FN3O. The number of benzene rings is 1. The Hall–Kier alpha value is -2.43. The van der Waals surface area contributed by atoms with Gasteiger partial charge >= 0.3 is 0 Å². The first-order chi connectivity index (χ1) is 10.2. The number of carbonyl (C=O) groups is 1. The number of likely N-dealkylation sites (N-methyl/N-ethyl adjacent to an activating group) is 1. The van der Waals surface area contributed by atoms with Gasteiger partial charge in [0, 0.05) is 36.2 Å². The summed E-state index contributed by atoms with van der Waals surface area (Å²) in [5, 5.41) is 3.21. The molecule has 2 aromatic rings. The Bertz CT molecular complexity index is 687. The number of nitrogens with one attached hydrogen (secondary N) is 1. The SMILES string of the molecule is CCN1Cc2c(Nc3cccc(F)c3)ccnc2CC1=O. The standard InChI is InChI=1S/C16H16FN3O/c1-2-20-10-13-14(6-7-18-15(13)9-16(20)21)19-12-5-3-4-11(17)8-12/h3-8H,2,9-10H2,1H3,(H,18,19). The Balaban J connectivity index is 1.94. The second-order valence-corrected chi connectivity index (χ2v) is 5.00. The van der Waals surface area contributed by atoms with Gasteiger partial charge in [-0.2, -0.15) is 0 Å². The summed E-state index contributed by atoms with van der Waals surface area (Å²) in [4.78, 5) is 18.0. The van der Waals surface area contributed by atoms with Crippen LogP contribution in [0.15, 0.2) is 36.5 Å². The minimum absolute atomic E-state index is 0.0976. The average molecular weight is 285 g/mol. The first kappa shape index (κ1) is 13.5. The van der Waals surface area contributed by atoms with Gasteiger partial charge in [0.15, 0.2) is 0 Å². The number of rotatable bonds is 3. The third kappa shape index (κ3) is 2.72. The lowest BCUT2D eigenvalue weighted by Gasteiger charge is -2.28. The van der Waals surface area contributed by atoms with Crippen LogP contribution in [0.5, 0.6) is 0 Å². The number of aromatic nitrogens is 1. The van der Waals surface area contributed by atoms with Crippen molar-refractivity contribution >= 4 is 17.3 Å². The lowest BCUT2D eigenvalue weighted by Crippen LogP contribution is -2.36. The van der Waals surface area contributed by atoms with Gasteiger partial charge in [-0.15, -0.1) is 0 Å². The first-order valence-corrected chi connectivity index (χ1v) is 6.94. The maximum absolute atomic E-state index is 13.3. The van der Waals surface area contributed by atoms with Crippen LogP contribution in [-0.2, 0) is 17.8 Å². The number of fused-ring (bicyclic) bond motifs is 1. The van der Waals surface area contributed by atoms with E-state index in [1.165, 1.54) is 12.1 Å². The molecule has 0 aliphatic carbocycles. The maximum Gasteiger partial charge on any atom is 0.228 e. The van der Waals surface area contributed by atoms with Crippen molar-refractivity contribution < 1.29 is 9.18 Å². The lowest BCUT2D eigenvalue weighted by molar-refractivity contribution is -0.131. The molecule has 1 aromatic heterocycles. The molecule has 0 saturated heterocycles. The van der Waals surface area contributed by atoms with Gasteiger partial charge in [0.25, 0.3) is 0 Å². The molecule has 1 N–H and O–H groups in total. The highest BCUT2D eigenvalue weighted by Crippen LogP contribution is 2.27. The summed E-state index contributed by atoms with van der Waals surface area (Å²) in [6.07, 6.45) is 2.00. The molecule has 1 aromatic carbocycles. The Morgan fingerprint density at radius 3 is 3.00 bits per heavy atom. The minimum atomic E-state index is -0.284. The van der Waals surface area contributed by atoms with Crippen LogP contribution in [0.2, 0.25) is 0 Å². The second-order valence-electron chi connectivity index (χ2n) is 5.00. The summed E-state index contributed by atoms with van der Waals surface area (Å²) in [6, 6.07) is 8.17. The van der Waals surface area contributed by atoms with Crippen molar-refractivity contribution in [3.8, 4) is 0 Å². The third-order valence-corrected chi connectivity index (χ3v) is 3.65. The molecule has 1 amide bonds. The van der Waals surface area contributed by atoms with Crippen molar-refractivity contribution in [2.45, 2.75) is 19.9 Å². The summed E-state index contributed by atoms with van der Waals surface area (Å²) < 4.78 is 13.3. The van der Waals surface area contributed by atoms with Crippen LogP contribution in [0, 0.1) is 5.82 Å². The topological polar surface area (TPSA) is 45.2 Å². The Morgan fingerprint density at radius 1 is 1.38 bits per heavy atom. The number of nitrogens with zero attached hydrogens (tertiary/aromatic N) is 2. The van der Waals surface area contributed by atoms with Crippen LogP contribution in [0.25, 0.3) is 0 Å². The molecule has 0 radical (unpaired) electrons. The molecule has 0 saturated carbocycles. The van der Waals surface area contributed by atoms with E-state index in [2.05, 4.69) is 10.3 Å². The molecule has 1 aliphatic rings. The smallest absolute Gasteiger partial charge is 0.228 e. The first-order valence-electron chi connectivity index (χ1n) is 6.94. The van der Waals surface area contributed by atoms with Gasteiger partial charge < -0.3 is 10.2 Å². The molecule has 0 unspecified atom stereocenters. The number of hydrogen-bond donors (Lipinski definition) is 1. The molecule has 3 rings (SSSR count). The number of amides is 1. The zero-order valence-corrected chi connectivity index (χ0v) is 11.8. The molecular weight excluding hydrogens is 269 g/mol. The Morgan fingerprint density at radius 2 is 2.24 bits per heavy atom. The molecule has 4 nitrogen and oxygen atoms in total.